The van der Waals surface area contributed by atoms with Crippen LogP contribution in [0.3, 0.4) is 0 Å². The van der Waals surface area contributed by atoms with Gasteiger partial charge < -0.3 is 10.2 Å². The van der Waals surface area contributed by atoms with E-state index in [0.29, 0.717) is 25.9 Å². The molecule has 1 aromatic carbocycles. The van der Waals surface area contributed by atoms with Gasteiger partial charge in [-0.05, 0) is 42.7 Å². The second-order valence-electron chi connectivity index (χ2n) is 7.28. The average molecular weight is 414 g/mol. The lowest BCUT2D eigenvalue weighted by atomic mass is 9.89. The number of oxime groups is 1. The van der Waals surface area contributed by atoms with Crippen molar-refractivity contribution in [3.05, 3.63) is 60.4 Å². The molecular formula is C20H22N4O4S. The Morgan fingerprint density at radius 2 is 1.93 bits per heavy atom. The average Bonchev–Trinajstić information content (AvgIpc) is 3.16. The summed E-state index contributed by atoms with van der Waals surface area (Å²) in [5.41, 5.74) is 0.432. The molecule has 1 N–H and O–H groups in total. The molecular weight excluding hydrogens is 392 g/mol. The van der Waals surface area contributed by atoms with E-state index < -0.39 is 15.6 Å². The summed E-state index contributed by atoms with van der Waals surface area (Å²) >= 11 is 0. The highest BCUT2D eigenvalue weighted by Gasteiger charge is 2.47. The molecule has 1 fully saturated rings. The van der Waals surface area contributed by atoms with Crippen LogP contribution in [0.4, 0.5) is 0 Å². The highest BCUT2D eigenvalue weighted by atomic mass is 32.2. The highest BCUT2D eigenvalue weighted by molar-refractivity contribution is 7.89. The van der Waals surface area contributed by atoms with Gasteiger partial charge in [0.2, 0.25) is 10.0 Å². The summed E-state index contributed by atoms with van der Waals surface area (Å²) in [6.07, 6.45) is 4.91. The lowest BCUT2D eigenvalue weighted by Crippen LogP contribution is -2.50. The molecule has 0 radical (unpaired) electrons. The van der Waals surface area contributed by atoms with Crippen molar-refractivity contribution in [1.82, 2.24) is 14.6 Å². The van der Waals surface area contributed by atoms with E-state index in [1.807, 2.05) is 12.1 Å². The zero-order valence-electron chi connectivity index (χ0n) is 15.8. The van der Waals surface area contributed by atoms with Crippen LogP contribution in [0.25, 0.3) is 0 Å². The molecule has 2 aliphatic heterocycles. The molecule has 1 atom stereocenters. The van der Waals surface area contributed by atoms with Gasteiger partial charge in [0.05, 0.1) is 11.4 Å². The zero-order valence-corrected chi connectivity index (χ0v) is 16.6. The SMILES string of the molecule is O=C(NCc1ccncc1)C1=NOC2(CCCN(S(=O)(=O)c3ccccc3)C2)C1. The van der Waals surface area contributed by atoms with Gasteiger partial charge in [-0.1, -0.05) is 23.4 Å². The molecule has 2 aromatic rings. The van der Waals surface area contributed by atoms with Crippen LogP contribution in [0, 0.1) is 0 Å². The molecule has 0 aliphatic carbocycles. The Morgan fingerprint density at radius 1 is 1.17 bits per heavy atom. The molecule has 1 unspecified atom stereocenters. The number of carbonyl (C=O) groups excluding carboxylic acids is 1. The molecule has 0 bridgehead atoms. The predicted molar refractivity (Wildman–Crippen MR) is 106 cm³/mol. The minimum Gasteiger partial charge on any atom is -0.387 e. The van der Waals surface area contributed by atoms with Crippen molar-refractivity contribution < 1.29 is 18.0 Å². The summed E-state index contributed by atoms with van der Waals surface area (Å²) in [5.74, 6) is -0.304. The monoisotopic (exact) mass is 414 g/mol. The number of benzene rings is 1. The van der Waals surface area contributed by atoms with Crippen LogP contribution in [0.2, 0.25) is 0 Å². The number of hydrogen-bond acceptors (Lipinski definition) is 6. The predicted octanol–water partition coefficient (Wildman–Crippen LogP) is 1.70. The zero-order chi connectivity index (χ0) is 20.3. The van der Waals surface area contributed by atoms with Crippen molar-refractivity contribution in [2.24, 2.45) is 5.16 Å². The summed E-state index contributed by atoms with van der Waals surface area (Å²) in [6, 6.07) is 12.0. The molecule has 9 heteroatoms. The maximum atomic E-state index is 13.0. The van der Waals surface area contributed by atoms with Crippen molar-refractivity contribution in [3.8, 4) is 0 Å². The fraction of sp³-hybridized carbons (Fsp3) is 0.350. The van der Waals surface area contributed by atoms with Gasteiger partial charge >= 0.3 is 0 Å². The van der Waals surface area contributed by atoms with Gasteiger partial charge in [-0.15, -0.1) is 0 Å². The van der Waals surface area contributed by atoms with E-state index in [-0.39, 0.29) is 29.5 Å². The van der Waals surface area contributed by atoms with E-state index >= 15 is 0 Å². The van der Waals surface area contributed by atoms with Gasteiger partial charge in [0.25, 0.3) is 5.91 Å². The molecule has 3 heterocycles. The van der Waals surface area contributed by atoms with Gasteiger partial charge in [-0.3, -0.25) is 9.78 Å². The van der Waals surface area contributed by atoms with E-state index in [1.165, 1.54) is 4.31 Å². The first-order valence-corrected chi connectivity index (χ1v) is 10.9. The standard InChI is InChI=1S/C20H22N4O4S/c25-19(22-14-16-7-10-21-11-8-16)18-13-20(28-23-18)9-4-12-24(15-20)29(26,27)17-5-2-1-3-6-17/h1-3,5-8,10-11H,4,9,12-15H2,(H,22,25). The Bertz CT molecular complexity index is 1010. The van der Waals surface area contributed by atoms with E-state index in [0.717, 1.165) is 5.56 Å². The van der Waals surface area contributed by atoms with Gasteiger partial charge in [0.1, 0.15) is 5.71 Å². The third-order valence-corrected chi connectivity index (χ3v) is 7.05. The van der Waals surface area contributed by atoms with E-state index in [2.05, 4.69) is 15.5 Å². The number of pyridine rings is 1. The van der Waals surface area contributed by atoms with Crippen molar-refractivity contribution >= 4 is 21.6 Å². The number of hydrogen-bond donors (Lipinski definition) is 1. The Morgan fingerprint density at radius 3 is 2.69 bits per heavy atom. The van der Waals surface area contributed by atoms with E-state index in [1.54, 1.807) is 42.7 Å². The molecule has 0 saturated carbocycles. The smallest absolute Gasteiger partial charge is 0.269 e. The Balaban J connectivity index is 1.40. The summed E-state index contributed by atoms with van der Waals surface area (Å²) in [7, 11) is -3.61. The minimum absolute atomic E-state index is 0.175. The molecule has 1 spiro atoms. The van der Waals surface area contributed by atoms with Crippen LogP contribution in [0.5, 0.6) is 0 Å². The first-order chi connectivity index (χ1) is 14.0. The van der Waals surface area contributed by atoms with Crippen molar-refractivity contribution in [1.29, 1.82) is 0 Å². The van der Waals surface area contributed by atoms with E-state index in [9.17, 15) is 13.2 Å². The number of nitrogens with one attached hydrogen (secondary N) is 1. The van der Waals surface area contributed by atoms with Crippen molar-refractivity contribution in [3.63, 3.8) is 0 Å². The fourth-order valence-electron chi connectivity index (χ4n) is 3.65. The van der Waals surface area contributed by atoms with Gasteiger partial charge in [0.15, 0.2) is 5.60 Å². The number of nitrogens with zero attached hydrogens (tertiary/aromatic N) is 3. The maximum absolute atomic E-state index is 13.0. The number of aromatic nitrogens is 1. The Hall–Kier alpha value is -2.78. The molecule has 4 rings (SSSR count). The van der Waals surface area contributed by atoms with Gasteiger partial charge in [-0.2, -0.15) is 4.31 Å². The minimum atomic E-state index is -3.61. The third-order valence-electron chi connectivity index (χ3n) is 5.19. The summed E-state index contributed by atoms with van der Waals surface area (Å²) < 4.78 is 27.3. The van der Waals surface area contributed by atoms with Crippen molar-refractivity contribution in [2.45, 2.75) is 36.3 Å². The van der Waals surface area contributed by atoms with Crippen LogP contribution in [0.15, 0.2) is 64.9 Å². The second-order valence-corrected chi connectivity index (χ2v) is 9.22. The Kier molecular flexibility index (Phi) is 5.33. The molecule has 1 saturated heterocycles. The number of carbonyl (C=O) groups is 1. The van der Waals surface area contributed by atoms with Crippen LogP contribution >= 0.6 is 0 Å². The molecule has 1 amide bonds. The number of amides is 1. The normalized spacial score (nSPS) is 22.1. The largest absolute Gasteiger partial charge is 0.387 e. The number of sulfonamides is 1. The van der Waals surface area contributed by atoms with Crippen LogP contribution in [-0.4, -0.2) is 48.0 Å². The quantitative estimate of drug-likeness (QED) is 0.803. The summed E-state index contributed by atoms with van der Waals surface area (Å²) in [6.45, 7) is 0.961. The molecule has 29 heavy (non-hydrogen) atoms. The van der Waals surface area contributed by atoms with E-state index in [4.69, 9.17) is 4.84 Å². The lowest BCUT2D eigenvalue weighted by molar-refractivity contribution is -0.115. The second kappa shape index (κ2) is 7.92. The molecule has 2 aliphatic rings. The highest BCUT2D eigenvalue weighted by Crippen LogP contribution is 2.35. The molecule has 8 nitrogen and oxygen atoms in total. The number of piperidine rings is 1. The first-order valence-electron chi connectivity index (χ1n) is 9.46. The molecule has 1 aromatic heterocycles. The van der Waals surface area contributed by atoms with Crippen LogP contribution in [-0.2, 0) is 26.2 Å². The molecule has 152 valence electrons. The van der Waals surface area contributed by atoms with Gasteiger partial charge in [-0.25, -0.2) is 8.42 Å². The van der Waals surface area contributed by atoms with Gasteiger partial charge in [0, 0.05) is 31.9 Å². The van der Waals surface area contributed by atoms with Crippen molar-refractivity contribution in [2.75, 3.05) is 13.1 Å². The maximum Gasteiger partial charge on any atom is 0.269 e. The van der Waals surface area contributed by atoms with Crippen LogP contribution in [0.1, 0.15) is 24.8 Å². The fourth-order valence-corrected chi connectivity index (χ4v) is 5.22. The summed E-state index contributed by atoms with van der Waals surface area (Å²) in [5, 5.41) is 6.81. The first kappa shape index (κ1) is 19.5. The third kappa shape index (κ3) is 4.15. The Labute approximate surface area is 169 Å². The lowest BCUT2D eigenvalue weighted by Gasteiger charge is -2.37. The summed E-state index contributed by atoms with van der Waals surface area (Å²) in [4.78, 5) is 22.3. The number of rotatable bonds is 5. The topological polar surface area (TPSA) is 101 Å². The van der Waals surface area contributed by atoms with Crippen LogP contribution < -0.4 is 5.32 Å².